The Morgan fingerprint density at radius 3 is 1.94 bits per heavy atom. The Morgan fingerprint density at radius 2 is 1.44 bits per heavy atom. The molecule has 7 nitrogen and oxygen atoms in total. The van der Waals surface area contributed by atoms with Gasteiger partial charge in [0, 0.05) is 72.9 Å². The van der Waals surface area contributed by atoms with Gasteiger partial charge in [-0.2, -0.15) is 0 Å². The number of hydrogen-bond donors (Lipinski definition) is 2. The molecule has 0 unspecified atom stereocenters. The Morgan fingerprint density at radius 1 is 0.912 bits per heavy atom. The molecule has 34 heavy (non-hydrogen) atoms. The molecular formula is C27H29N5O2. The molecule has 3 N–H and O–H groups in total. The Hall–Kier alpha value is -4.00. The summed E-state index contributed by atoms with van der Waals surface area (Å²) in [4.78, 5) is 19.3. The van der Waals surface area contributed by atoms with Gasteiger partial charge in [0.25, 0.3) is 5.91 Å². The number of nitrogens with one attached hydrogen (secondary N) is 1. The van der Waals surface area contributed by atoms with E-state index in [0.717, 1.165) is 41.2 Å². The van der Waals surface area contributed by atoms with Crippen molar-refractivity contribution in [2.75, 3.05) is 37.0 Å². The maximum atomic E-state index is 13.6. The summed E-state index contributed by atoms with van der Waals surface area (Å²) < 4.78 is 6.51. The highest BCUT2D eigenvalue weighted by atomic mass is 16.5. The van der Waals surface area contributed by atoms with Gasteiger partial charge in [-0.05, 0) is 32.0 Å². The van der Waals surface area contributed by atoms with E-state index in [1.807, 2.05) is 68.7 Å². The molecule has 0 bridgehead atoms. The SMILES string of the molecule is CCN(C)c1ccc2c(c1)Oc1cc(N(C)CC)ccc1C21c2ccccc2C(=O)N1C(=N)N. The number of benzene rings is 3. The molecule has 1 spiro atoms. The summed E-state index contributed by atoms with van der Waals surface area (Å²) in [6.45, 7) is 5.86. The Balaban J connectivity index is 1.87. The van der Waals surface area contributed by atoms with Crippen molar-refractivity contribution in [3.8, 4) is 11.5 Å². The van der Waals surface area contributed by atoms with Gasteiger partial charge < -0.3 is 20.3 Å². The number of guanidine groups is 1. The van der Waals surface area contributed by atoms with Crippen LogP contribution in [0.25, 0.3) is 0 Å². The lowest BCUT2D eigenvalue weighted by Crippen LogP contribution is -2.52. The van der Waals surface area contributed by atoms with Crippen molar-refractivity contribution in [3.05, 3.63) is 82.9 Å². The number of rotatable bonds is 4. The molecule has 2 aliphatic heterocycles. The number of carbonyl (C=O) groups excluding carboxylic acids is 1. The van der Waals surface area contributed by atoms with Crippen molar-refractivity contribution in [1.29, 1.82) is 5.41 Å². The van der Waals surface area contributed by atoms with Gasteiger partial charge in [-0.25, -0.2) is 0 Å². The first-order valence-electron chi connectivity index (χ1n) is 11.5. The third-order valence-electron chi connectivity index (χ3n) is 7.09. The van der Waals surface area contributed by atoms with Gasteiger partial charge >= 0.3 is 0 Å². The van der Waals surface area contributed by atoms with Gasteiger partial charge in [-0.1, -0.05) is 30.3 Å². The number of fused-ring (bicyclic) bond motifs is 6. The third-order valence-corrected chi connectivity index (χ3v) is 7.09. The second kappa shape index (κ2) is 7.80. The van der Waals surface area contributed by atoms with Crippen molar-refractivity contribution in [2.24, 2.45) is 5.73 Å². The molecule has 3 aromatic carbocycles. The summed E-state index contributed by atoms with van der Waals surface area (Å²) in [5.74, 6) is 0.714. The zero-order valence-electron chi connectivity index (χ0n) is 19.9. The summed E-state index contributed by atoms with van der Waals surface area (Å²) in [7, 11) is 4.05. The van der Waals surface area contributed by atoms with Crippen molar-refractivity contribution in [2.45, 2.75) is 19.4 Å². The maximum Gasteiger partial charge on any atom is 0.262 e. The lowest BCUT2D eigenvalue weighted by atomic mass is 9.74. The average molecular weight is 456 g/mol. The summed E-state index contributed by atoms with van der Waals surface area (Å²) in [5.41, 5.74) is 9.97. The first-order valence-corrected chi connectivity index (χ1v) is 11.5. The van der Waals surface area contributed by atoms with E-state index in [1.165, 1.54) is 4.90 Å². The van der Waals surface area contributed by atoms with Gasteiger partial charge in [0.15, 0.2) is 5.96 Å². The molecule has 174 valence electrons. The van der Waals surface area contributed by atoms with E-state index in [9.17, 15) is 4.79 Å². The fraction of sp³-hybridized carbons (Fsp3) is 0.259. The van der Waals surface area contributed by atoms with Crippen LogP contribution in [-0.2, 0) is 5.54 Å². The van der Waals surface area contributed by atoms with Crippen LogP contribution in [0.4, 0.5) is 11.4 Å². The van der Waals surface area contributed by atoms with Crippen LogP contribution in [0.1, 0.15) is 40.9 Å². The van der Waals surface area contributed by atoms with E-state index in [0.29, 0.717) is 17.1 Å². The molecule has 0 atom stereocenters. The number of nitrogens with two attached hydrogens (primary N) is 1. The summed E-state index contributed by atoms with van der Waals surface area (Å²) in [5, 5.41) is 8.45. The molecule has 0 aromatic heterocycles. The first-order chi connectivity index (χ1) is 16.3. The zero-order chi connectivity index (χ0) is 24.2. The summed E-state index contributed by atoms with van der Waals surface area (Å²) in [6, 6.07) is 19.6. The molecule has 0 radical (unpaired) electrons. The van der Waals surface area contributed by atoms with Crippen LogP contribution in [-0.4, -0.2) is 44.0 Å². The average Bonchev–Trinajstić information content (AvgIpc) is 3.11. The van der Waals surface area contributed by atoms with Crippen LogP contribution in [0.3, 0.4) is 0 Å². The monoisotopic (exact) mass is 455 g/mol. The molecule has 5 rings (SSSR count). The van der Waals surface area contributed by atoms with Crippen LogP contribution in [0.15, 0.2) is 60.7 Å². The van der Waals surface area contributed by atoms with Crippen LogP contribution in [0.5, 0.6) is 11.5 Å². The predicted octanol–water partition coefficient (Wildman–Crippen LogP) is 4.35. The van der Waals surface area contributed by atoms with E-state index in [2.05, 4.69) is 23.6 Å². The lowest BCUT2D eigenvalue weighted by molar-refractivity contribution is 0.0801. The Kier molecular flexibility index (Phi) is 5.01. The normalized spacial score (nSPS) is 14.8. The van der Waals surface area contributed by atoms with Gasteiger partial charge in [-0.15, -0.1) is 0 Å². The minimum absolute atomic E-state index is 0.286. The van der Waals surface area contributed by atoms with Crippen LogP contribution < -0.4 is 20.3 Å². The van der Waals surface area contributed by atoms with Crippen molar-refractivity contribution >= 4 is 23.2 Å². The molecule has 2 heterocycles. The van der Waals surface area contributed by atoms with Gasteiger partial charge in [0.1, 0.15) is 17.0 Å². The van der Waals surface area contributed by atoms with Crippen LogP contribution in [0.2, 0.25) is 0 Å². The van der Waals surface area contributed by atoms with E-state index in [4.69, 9.17) is 15.9 Å². The quantitative estimate of drug-likeness (QED) is 0.451. The standard InChI is InChI=1S/C27H29N5O2/c1-5-30(3)17-11-13-21-23(15-17)34-24-16-18(31(4)6-2)12-14-22(24)27(21)20-10-8-7-9-19(20)25(33)32(27)26(28)29/h7-16H,5-6H2,1-4H3,(H3,28,29). The number of nitrogens with zero attached hydrogens (tertiary/aromatic N) is 3. The minimum Gasteiger partial charge on any atom is -0.456 e. The molecule has 0 saturated carbocycles. The molecule has 7 heteroatoms. The Labute approximate surface area is 199 Å². The van der Waals surface area contributed by atoms with E-state index in [-0.39, 0.29) is 11.9 Å². The van der Waals surface area contributed by atoms with E-state index < -0.39 is 5.54 Å². The maximum absolute atomic E-state index is 13.6. The minimum atomic E-state index is -1.09. The predicted molar refractivity (Wildman–Crippen MR) is 135 cm³/mol. The highest BCUT2D eigenvalue weighted by molar-refractivity contribution is 6.11. The largest absolute Gasteiger partial charge is 0.456 e. The number of hydrogen-bond acceptors (Lipinski definition) is 5. The smallest absolute Gasteiger partial charge is 0.262 e. The Bertz CT molecular complexity index is 1260. The van der Waals surface area contributed by atoms with E-state index >= 15 is 0 Å². The molecule has 0 saturated heterocycles. The second-order valence-electron chi connectivity index (χ2n) is 8.77. The first kappa shape index (κ1) is 21.8. The van der Waals surface area contributed by atoms with Gasteiger partial charge in [-0.3, -0.25) is 15.1 Å². The number of anilines is 2. The van der Waals surface area contributed by atoms with E-state index in [1.54, 1.807) is 6.07 Å². The molecule has 2 aliphatic rings. The second-order valence-corrected chi connectivity index (χ2v) is 8.77. The summed E-state index contributed by atoms with van der Waals surface area (Å²) >= 11 is 0. The number of amides is 1. The lowest BCUT2D eigenvalue weighted by Gasteiger charge is -2.43. The molecule has 1 amide bonds. The molecule has 0 aliphatic carbocycles. The van der Waals surface area contributed by atoms with Crippen molar-refractivity contribution in [3.63, 3.8) is 0 Å². The fourth-order valence-electron chi connectivity index (χ4n) is 5.09. The topological polar surface area (TPSA) is 85.9 Å². The third kappa shape index (κ3) is 2.83. The van der Waals surface area contributed by atoms with Gasteiger partial charge in [0.05, 0.1) is 0 Å². The fourth-order valence-corrected chi connectivity index (χ4v) is 5.09. The van der Waals surface area contributed by atoms with Crippen molar-refractivity contribution < 1.29 is 9.53 Å². The van der Waals surface area contributed by atoms with Crippen molar-refractivity contribution in [1.82, 2.24) is 4.90 Å². The molecule has 3 aromatic rings. The van der Waals surface area contributed by atoms with Gasteiger partial charge in [0.2, 0.25) is 0 Å². The molecular weight excluding hydrogens is 426 g/mol. The highest BCUT2D eigenvalue weighted by Crippen LogP contribution is 2.58. The summed E-state index contributed by atoms with van der Waals surface area (Å²) in [6.07, 6.45) is 0. The number of carbonyl (C=O) groups is 1. The zero-order valence-corrected chi connectivity index (χ0v) is 19.9. The highest BCUT2D eigenvalue weighted by Gasteiger charge is 2.57. The number of ether oxygens (including phenoxy) is 1. The van der Waals surface area contributed by atoms with Crippen LogP contribution in [0, 0.1) is 5.41 Å². The molecule has 0 fully saturated rings. The van der Waals surface area contributed by atoms with Crippen LogP contribution >= 0.6 is 0 Å².